The second-order valence-electron chi connectivity index (χ2n) is 6.30. The van der Waals surface area contributed by atoms with E-state index in [1.807, 2.05) is 26.0 Å². The standard InChI is InChI=1S/C18H30N4O3S2/c1-3-22(4-2)27(23,24)17-7-5-16(6-8-17)15-20-18(26)19-9-10-21-11-13-25-14-12-21/h5-8H,3-4,9-15H2,1-2H3,(H2,19,20,26). The molecule has 1 aliphatic rings. The summed E-state index contributed by atoms with van der Waals surface area (Å²) in [6.45, 7) is 10.4. The highest BCUT2D eigenvalue weighted by Crippen LogP contribution is 2.16. The van der Waals surface area contributed by atoms with Gasteiger partial charge in [-0.3, -0.25) is 4.90 Å². The monoisotopic (exact) mass is 414 g/mol. The molecule has 0 saturated carbocycles. The number of nitrogens with zero attached hydrogens (tertiary/aromatic N) is 2. The van der Waals surface area contributed by atoms with Crippen LogP contribution in [0.2, 0.25) is 0 Å². The van der Waals surface area contributed by atoms with Crippen molar-refractivity contribution >= 4 is 27.4 Å². The molecule has 9 heteroatoms. The van der Waals surface area contributed by atoms with Crippen LogP contribution in [0.3, 0.4) is 0 Å². The van der Waals surface area contributed by atoms with Gasteiger partial charge in [0.05, 0.1) is 18.1 Å². The van der Waals surface area contributed by atoms with Gasteiger partial charge >= 0.3 is 0 Å². The number of ether oxygens (including phenoxy) is 1. The quantitative estimate of drug-likeness (QED) is 0.584. The molecule has 0 aliphatic carbocycles. The van der Waals surface area contributed by atoms with E-state index in [0.717, 1.165) is 45.0 Å². The Morgan fingerprint density at radius 3 is 2.37 bits per heavy atom. The second-order valence-corrected chi connectivity index (χ2v) is 8.64. The molecule has 1 fully saturated rings. The van der Waals surface area contributed by atoms with Crippen molar-refractivity contribution in [3.63, 3.8) is 0 Å². The van der Waals surface area contributed by atoms with E-state index in [4.69, 9.17) is 17.0 Å². The van der Waals surface area contributed by atoms with E-state index in [2.05, 4.69) is 15.5 Å². The highest BCUT2D eigenvalue weighted by molar-refractivity contribution is 7.89. The summed E-state index contributed by atoms with van der Waals surface area (Å²) in [7, 11) is -3.41. The van der Waals surface area contributed by atoms with E-state index in [1.54, 1.807) is 12.1 Å². The molecule has 0 aromatic heterocycles. The fourth-order valence-corrected chi connectivity index (χ4v) is 4.52. The largest absolute Gasteiger partial charge is 0.379 e. The van der Waals surface area contributed by atoms with Crippen LogP contribution in [-0.2, 0) is 21.3 Å². The van der Waals surface area contributed by atoms with Crippen LogP contribution in [-0.4, -0.2) is 75.2 Å². The van der Waals surface area contributed by atoms with Crippen LogP contribution in [0.15, 0.2) is 29.2 Å². The predicted octanol–water partition coefficient (Wildman–Crippen LogP) is 1.01. The summed E-state index contributed by atoms with van der Waals surface area (Å²) in [5, 5.41) is 6.96. The number of thiocarbonyl (C=S) groups is 1. The Balaban J connectivity index is 1.76. The molecule has 0 spiro atoms. The van der Waals surface area contributed by atoms with Gasteiger partial charge in [0.1, 0.15) is 0 Å². The Hall–Kier alpha value is -1.26. The minimum absolute atomic E-state index is 0.321. The first-order valence-electron chi connectivity index (χ1n) is 9.38. The van der Waals surface area contributed by atoms with Crippen molar-refractivity contribution in [2.75, 3.05) is 52.5 Å². The van der Waals surface area contributed by atoms with Gasteiger partial charge in [0.25, 0.3) is 0 Å². The summed E-state index contributed by atoms with van der Waals surface area (Å²) in [6.07, 6.45) is 0. The SMILES string of the molecule is CCN(CC)S(=O)(=O)c1ccc(CNC(=S)NCCN2CCOCC2)cc1. The summed E-state index contributed by atoms with van der Waals surface area (Å²) >= 11 is 5.30. The van der Waals surface area contributed by atoms with E-state index >= 15 is 0 Å². The number of morpholine rings is 1. The lowest BCUT2D eigenvalue weighted by atomic mass is 10.2. The molecule has 1 saturated heterocycles. The molecule has 2 rings (SSSR count). The molecule has 0 atom stereocenters. The molecule has 0 unspecified atom stereocenters. The minimum atomic E-state index is -3.41. The van der Waals surface area contributed by atoms with E-state index in [0.29, 0.717) is 29.6 Å². The van der Waals surface area contributed by atoms with Crippen molar-refractivity contribution in [2.24, 2.45) is 0 Å². The third kappa shape index (κ3) is 6.69. The van der Waals surface area contributed by atoms with Gasteiger partial charge in [-0.1, -0.05) is 26.0 Å². The van der Waals surface area contributed by atoms with Crippen LogP contribution in [0.4, 0.5) is 0 Å². The molecule has 0 amide bonds. The third-order valence-electron chi connectivity index (χ3n) is 4.54. The Labute approximate surface area is 168 Å². The zero-order valence-corrected chi connectivity index (χ0v) is 17.7. The van der Waals surface area contributed by atoms with Gasteiger partial charge < -0.3 is 15.4 Å². The summed E-state index contributed by atoms with van der Waals surface area (Å²) in [5.74, 6) is 0. The van der Waals surface area contributed by atoms with Gasteiger partial charge in [-0.2, -0.15) is 4.31 Å². The number of rotatable bonds is 9. The molecule has 0 bridgehead atoms. The number of hydrogen-bond acceptors (Lipinski definition) is 5. The molecular weight excluding hydrogens is 384 g/mol. The maximum Gasteiger partial charge on any atom is 0.243 e. The van der Waals surface area contributed by atoms with Crippen LogP contribution in [0.5, 0.6) is 0 Å². The number of hydrogen-bond donors (Lipinski definition) is 2. The maximum absolute atomic E-state index is 12.5. The first kappa shape index (κ1) is 22.0. The molecule has 0 radical (unpaired) electrons. The zero-order chi connectivity index (χ0) is 19.7. The van der Waals surface area contributed by atoms with Crippen molar-refractivity contribution in [1.29, 1.82) is 0 Å². The summed E-state index contributed by atoms with van der Waals surface area (Å²) in [6, 6.07) is 6.94. The molecule has 1 aliphatic heterocycles. The van der Waals surface area contributed by atoms with Crippen molar-refractivity contribution in [3.8, 4) is 0 Å². The number of benzene rings is 1. The average molecular weight is 415 g/mol. The third-order valence-corrected chi connectivity index (χ3v) is 6.89. The van der Waals surface area contributed by atoms with Crippen molar-refractivity contribution < 1.29 is 13.2 Å². The van der Waals surface area contributed by atoms with E-state index in [9.17, 15) is 8.42 Å². The van der Waals surface area contributed by atoms with Gasteiger partial charge in [0.15, 0.2) is 5.11 Å². The highest BCUT2D eigenvalue weighted by atomic mass is 32.2. The van der Waals surface area contributed by atoms with Crippen LogP contribution < -0.4 is 10.6 Å². The molecule has 7 nitrogen and oxygen atoms in total. The zero-order valence-electron chi connectivity index (χ0n) is 16.1. The lowest BCUT2D eigenvalue weighted by molar-refractivity contribution is 0.0389. The Morgan fingerprint density at radius 1 is 1.15 bits per heavy atom. The van der Waals surface area contributed by atoms with Gasteiger partial charge in [0, 0.05) is 45.8 Å². The molecular formula is C18H30N4O3S2. The molecule has 27 heavy (non-hydrogen) atoms. The predicted molar refractivity (Wildman–Crippen MR) is 111 cm³/mol. The lowest BCUT2D eigenvalue weighted by Crippen LogP contribution is -2.43. The van der Waals surface area contributed by atoms with Crippen molar-refractivity contribution in [3.05, 3.63) is 29.8 Å². The molecule has 2 N–H and O–H groups in total. The summed E-state index contributed by atoms with van der Waals surface area (Å²) < 4.78 is 31.8. The van der Waals surface area contributed by atoms with Gasteiger partial charge in [-0.05, 0) is 29.9 Å². The fourth-order valence-electron chi connectivity index (χ4n) is 2.89. The lowest BCUT2D eigenvalue weighted by Gasteiger charge is -2.26. The molecule has 152 valence electrons. The average Bonchev–Trinajstić information content (AvgIpc) is 2.68. The molecule has 1 aromatic carbocycles. The van der Waals surface area contributed by atoms with Crippen LogP contribution in [0, 0.1) is 0 Å². The normalized spacial score (nSPS) is 15.7. The first-order chi connectivity index (χ1) is 13.0. The van der Waals surface area contributed by atoms with Crippen molar-refractivity contribution in [2.45, 2.75) is 25.3 Å². The van der Waals surface area contributed by atoms with Gasteiger partial charge in [-0.25, -0.2) is 8.42 Å². The Bertz CT molecular complexity index is 685. The van der Waals surface area contributed by atoms with Crippen LogP contribution in [0.1, 0.15) is 19.4 Å². The van der Waals surface area contributed by atoms with Crippen LogP contribution >= 0.6 is 12.2 Å². The smallest absolute Gasteiger partial charge is 0.243 e. The van der Waals surface area contributed by atoms with Gasteiger partial charge in [-0.15, -0.1) is 0 Å². The molecule has 1 aromatic rings. The number of nitrogens with one attached hydrogen (secondary N) is 2. The van der Waals surface area contributed by atoms with Crippen LogP contribution in [0.25, 0.3) is 0 Å². The Morgan fingerprint density at radius 2 is 1.78 bits per heavy atom. The van der Waals surface area contributed by atoms with Gasteiger partial charge in [0.2, 0.25) is 10.0 Å². The first-order valence-corrected chi connectivity index (χ1v) is 11.2. The van der Waals surface area contributed by atoms with E-state index < -0.39 is 10.0 Å². The second kappa shape index (κ2) is 10.9. The van der Waals surface area contributed by atoms with Crippen molar-refractivity contribution in [1.82, 2.24) is 19.8 Å². The maximum atomic E-state index is 12.5. The fraction of sp³-hybridized carbons (Fsp3) is 0.611. The minimum Gasteiger partial charge on any atom is -0.379 e. The summed E-state index contributed by atoms with van der Waals surface area (Å²) in [4.78, 5) is 2.66. The Kier molecular flexibility index (Phi) is 8.91. The molecule has 1 heterocycles. The number of sulfonamides is 1. The summed E-state index contributed by atoms with van der Waals surface area (Å²) in [5.41, 5.74) is 0.978. The topological polar surface area (TPSA) is 73.9 Å². The van der Waals surface area contributed by atoms with E-state index in [-0.39, 0.29) is 0 Å². The van der Waals surface area contributed by atoms with E-state index in [1.165, 1.54) is 4.31 Å². The highest BCUT2D eigenvalue weighted by Gasteiger charge is 2.21.